The Balaban J connectivity index is 1.80. The average molecular weight is 529 g/mol. The fraction of sp³-hybridized carbons (Fsp3) is 0.483. The summed E-state index contributed by atoms with van der Waals surface area (Å²) in [6.07, 6.45) is 0.338. The van der Waals surface area contributed by atoms with Gasteiger partial charge < -0.3 is 20.4 Å². The van der Waals surface area contributed by atoms with Gasteiger partial charge in [0.05, 0.1) is 11.2 Å². The number of hydrogen-bond acceptors (Lipinski definition) is 4. The molecule has 2 amide bonds. The molecule has 3 N–H and O–H groups in total. The Bertz CT molecular complexity index is 1180. The second-order valence-corrected chi connectivity index (χ2v) is 11.7. The van der Waals surface area contributed by atoms with Gasteiger partial charge >= 0.3 is 5.97 Å². The van der Waals surface area contributed by atoms with Crippen LogP contribution >= 0.6 is 11.6 Å². The van der Waals surface area contributed by atoms with Crippen LogP contribution in [0.1, 0.15) is 85.7 Å². The van der Waals surface area contributed by atoms with E-state index >= 15 is 0 Å². The molecule has 0 bridgehead atoms. The number of carbonyl (C=O) groups excluding carboxylic acids is 2. The number of carboxylic acid groups (broad SMARTS) is 1. The van der Waals surface area contributed by atoms with Gasteiger partial charge in [-0.2, -0.15) is 0 Å². The van der Waals surface area contributed by atoms with E-state index in [2.05, 4.69) is 5.32 Å². The number of amides is 2. The number of likely N-dealkylation sites (tertiary alicyclic amines) is 1. The van der Waals surface area contributed by atoms with E-state index in [0.29, 0.717) is 30.1 Å². The maximum absolute atomic E-state index is 13.6. The van der Waals surface area contributed by atoms with Crippen LogP contribution in [0, 0.1) is 11.3 Å². The summed E-state index contributed by atoms with van der Waals surface area (Å²) in [6.45, 7) is 12.0. The lowest BCUT2D eigenvalue weighted by Gasteiger charge is -2.51. The lowest BCUT2D eigenvalue weighted by atomic mass is 9.66. The minimum Gasteiger partial charge on any atom is -0.478 e. The molecule has 0 unspecified atom stereocenters. The first-order valence-electron chi connectivity index (χ1n) is 12.6. The molecular weight excluding hydrogens is 492 g/mol. The Kier molecular flexibility index (Phi) is 8.40. The predicted octanol–water partition coefficient (Wildman–Crippen LogP) is 5.06. The monoisotopic (exact) mass is 528 g/mol. The molecule has 0 spiro atoms. The zero-order valence-corrected chi connectivity index (χ0v) is 23.1. The van der Waals surface area contributed by atoms with Crippen LogP contribution in [0.25, 0.3) is 0 Å². The molecule has 37 heavy (non-hydrogen) atoms. The number of aliphatic hydroxyl groups is 1. The maximum atomic E-state index is 13.6. The summed E-state index contributed by atoms with van der Waals surface area (Å²) in [4.78, 5) is 40.2. The van der Waals surface area contributed by atoms with E-state index in [0.717, 1.165) is 5.56 Å². The first-order valence-corrected chi connectivity index (χ1v) is 13.0. The van der Waals surface area contributed by atoms with Crippen molar-refractivity contribution in [1.29, 1.82) is 0 Å². The van der Waals surface area contributed by atoms with Crippen LogP contribution in [0.5, 0.6) is 0 Å². The van der Waals surface area contributed by atoms with Gasteiger partial charge in [-0.15, -0.1) is 0 Å². The van der Waals surface area contributed by atoms with E-state index < -0.39 is 28.9 Å². The number of nitrogens with one attached hydrogen (secondary N) is 1. The molecule has 7 nitrogen and oxygen atoms in total. The number of benzene rings is 2. The van der Waals surface area contributed by atoms with Crippen LogP contribution < -0.4 is 5.32 Å². The second-order valence-electron chi connectivity index (χ2n) is 11.2. The SMILES string of the molecule is CC(C)c1ccc(C(=O)N[C@@H](C(=O)N2CC[C@](O)(c3ccc(Cl)cc3)C(C)(C)C2)C(C)C)cc1C(=O)O. The third-order valence-electron chi connectivity index (χ3n) is 7.47. The molecule has 200 valence electrons. The molecule has 0 aliphatic carbocycles. The van der Waals surface area contributed by atoms with E-state index in [1.54, 1.807) is 29.2 Å². The zero-order valence-electron chi connectivity index (χ0n) is 22.3. The van der Waals surface area contributed by atoms with Crippen molar-refractivity contribution in [2.75, 3.05) is 13.1 Å². The fourth-order valence-corrected chi connectivity index (χ4v) is 5.22. The molecule has 0 saturated carbocycles. The molecule has 2 aromatic rings. The summed E-state index contributed by atoms with van der Waals surface area (Å²) in [5, 5.41) is 24.7. The lowest BCUT2D eigenvalue weighted by Crippen LogP contribution is -2.60. The third-order valence-corrected chi connectivity index (χ3v) is 7.72. The molecule has 8 heteroatoms. The van der Waals surface area contributed by atoms with Crippen molar-refractivity contribution in [2.45, 2.75) is 65.5 Å². The van der Waals surface area contributed by atoms with E-state index in [1.165, 1.54) is 6.07 Å². The zero-order chi connectivity index (χ0) is 27.7. The van der Waals surface area contributed by atoms with Gasteiger partial charge in [-0.05, 0) is 53.6 Å². The normalized spacial score (nSPS) is 20.1. The minimum atomic E-state index is -1.14. The Labute approximate surface area is 223 Å². The molecule has 1 aliphatic rings. The lowest BCUT2D eigenvalue weighted by molar-refractivity contribution is -0.155. The molecule has 2 atom stereocenters. The fourth-order valence-electron chi connectivity index (χ4n) is 5.09. The Hall–Kier alpha value is -2.90. The third kappa shape index (κ3) is 5.83. The number of nitrogens with zero attached hydrogens (tertiary/aromatic N) is 1. The molecule has 1 aliphatic heterocycles. The Morgan fingerprint density at radius 1 is 1.03 bits per heavy atom. The van der Waals surface area contributed by atoms with Crippen molar-refractivity contribution < 1.29 is 24.6 Å². The van der Waals surface area contributed by atoms with Crippen LogP contribution in [-0.2, 0) is 10.4 Å². The second kappa shape index (κ2) is 10.8. The van der Waals surface area contributed by atoms with Crippen LogP contribution in [0.2, 0.25) is 5.02 Å². The topological polar surface area (TPSA) is 107 Å². The smallest absolute Gasteiger partial charge is 0.335 e. The van der Waals surface area contributed by atoms with Gasteiger partial charge in [0.15, 0.2) is 0 Å². The van der Waals surface area contributed by atoms with E-state index in [1.807, 2.05) is 53.7 Å². The Morgan fingerprint density at radius 2 is 1.65 bits per heavy atom. The standard InChI is InChI=1S/C29H37ClN2O5/c1-17(2)22-12-7-19(15-23(22)27(35)36)25(33)31-24(18(3)4)26(34)32-14-13-29(37,28(5,6)16-32)20-8-10-21(30)11-9-20/h7-12,15,17-18,24,37H,13-14,16H2,1-6H3,(H,31,33)(H,35,36)/t24-,29+/m1/s1. The molecule has 1 heterocycles. The van der Waals surface area contributed by atoms with Gasteiger partial charge in [-0.25, -0.2) is 4.79 Å². The summed E-state index contributed by atoms with van der Waals surface area (Å²) in [7, 11) is 0. The summed E-state index contributed by atoms with van der Waals surface area (Å²) < 4.78 is 0. The van der Waals surface area contributed by atoms with Crippen LogP contribution in [0.3, 0.4) is 0 Å². The maximum Gasteiger partial charge on any atom is 0.335 e. The minimum absolute atomic E-state index is 0.0119. The molecule has 1 saturated heterocycles. The summed E-state index contributed by atoms with van der Waals surface area (Å²) in [5.41, 5.74) is -0.142. The van der Waals surface area contributed by atoms with Gasteiger partial charge in [-0.1, -0.05) is 71.3 Å². The van der Waals surface area contributed by atoms with Crippen LogP contribution in [0.15, 0.2) is 42.5 Å². The van der Waals surface area contributed by atoms with Gasteiger partial charge in [0.25, 0.3) is 5.91 Å². The van der Waals surface area contributed by atoms with Crippen molar-refractivity contribution in [2.24, 2.45) is 11.3 Å². The van der Waals surface area contributed by atoms with Crippen molar-refractivity contribution in [1.82, 2.24) is 10.2 Å². The van der Waals surface area contributed by atoms with E-state index in [-0.39, 0.29) is 28.9 Å². The predicted molar refractivity (Wildman–Crippen MR) is 144 cm³/mol. The molecule has 0 radical (unpaired) electrons. The van der Waals surface area contributed by atoms with Crippen molar-refractivity contribution in [3.05, 3.63) is 69.7 Å². The summed E-state index contributed by atoms with van der Waals surface area (Å²) in [5.74, 6) is -2.04. The van der Waals surface area contributed by atoms with Gasteiger partial charge in [0.2, 0.25) is 5.91 Å². The van der Waals surface area contributed by atoms with Crippen LogP contribution in [0.4, 0.5) is 0 Å². The molecular formula is C29H37ClN2O5. The largest absolute Gasteiger partial charge is 0.478 e. The highest BCUT2D eigenvalue weighted by molar-refractivity contribution is 6.30. The number of aromatic carboxylic acids is 1. The molecule has 1 fully saturated rings. The highest BCUT2D eigenvalue weighted by atomic mass is 35.5. The molecule has 3 rings (SSSR count). The van der Waals surface area contributed by atoms with Crippen molar-refractivity contribution >= 4 is 29.4 Å². The number of carbonyl (C=O) groups is 3. The van der Waals surface area contributed by atoms with E-state index in [9.17, 15) is 24.6 Å². The summed E-state index contributed by atoms with van der Waals surface area (Å²) in [6, 6.07) is 10.9. The number of carboxylic acids is 1. The first kappa shape index (κ1) is 28.7. The average Bonchev–Trinajstić information content (AvgIpc) is 2.83. The van der Waals surface area contributed by atoms with Crippen molar-refractivity contribution in [3.63, 3.8) is 0 Å². The number of halogens is 1. The first-order chi connectivity index (χ1) is 17.2. The van der Waals surface area contributed by atoms with E-state index in [4.69, 9.17) is 11.6 Å². The summed E-state index contributed by atoms with van der Waals surface area (Å²) >= 11 is 6.03. The highest BCUT2D eigenvalue weighted by Gasteiger charge is 2.50. The quantitative estimate of drug-likeness (QED) is 0.465. The number of piperidine rings is 1. The number of rotatable bonds is 7. The number of hydrogen-bond donors (Lipinski definition) is 3. The van der Waals surface area contributed by atoms with Gasteiger partial charge in [0, 0.05) is 29.1 Å². The van der Waals surface area contributed by atoms with Crippen LogP contribution in [-0.4, -0.2) is 52.0 Å². The van der Waals surface area contributed by atoms with Crippen molar-refractivity contribution in [3.8, 4) is 0 Å². The highest BCUT2D eigenvalue weighted by Crippen LogP contribution is 2.46. The van der Waals surface area contributed by atoms with Gasteiger partial charge in [0.1, 0.15) is 6.04 Å². The molecule has 2 aromatic carbocycles. The van der Waals surface area contributed by atoms with Gasteiger partial charge in [-0.3, -0.25) is 9.59 Å². The molecule has 0 aromatic heterocycles. The Morgan fingerprint density at radius 3 is 2.16 bits per heavy atom.